The topological polar surface area (TPSA) is 42.0 Å². The van der Waals surface area contributed by atoms with Crippen LogP contribution in [0.15, 0.2) is 18.2 Å². The highest BCUT2D eigenvalue weighted by Gasteiger charge is 2.17. The monoisotopic (exact) mass is 326 g/mol. The molecule has 0 saturated carbocycles. The van der Waals surface area contributed by atoms with Crippen molar-refractivity contribution in [2.75, 3.05) is 5.32 Å². The summed E-state index contributed by atoms with van der Waals surface area (Å²) < 4.78 is 0. The van der Waals surface area contributed by atoms with Crippen LogP contribution < -0.4 is 5.32 Å². The number of aryl methyl sites for hydroxylation is 2. The van der Waals surface area contributed by atoms with Gasteiger partial charge in [-0.3, -0.25) is 10.1 Å². The maximum absolute atomic E-state index is 12.2. The minimum absolute atomic E-state index is 0.252. The molecule has 0 radical (unpaired) electrons. The fraction of sp³-hybridized carbons (Fsp3) is 0.286. The van der Waals surface area contributed by atoms with Gasteiger partial charge >= 0.3 is 0 Å². The van der Waals surface area contributed by atoms with Gasteiger partial charge in [0.15, 0.2) is 5.13 Å². The van der Waals surface area contributed by atoms with Crippen LogP contribution in [0.3, 0.4) is 0 Å². The number of carbonyl (C=O) groups is 1. The van der Waals surface area contributed by atoms with Crippen LogP contribution in [0.2, 0.25) is 10.0 Å². The first-order valence-electron chi connectivity index (χ1n) is 6.38. The van der Waals surface area contributed by atoms with Gasteiger partial charge in [-0.2, -0.15) is 0 Å². The van der Waals surface area contributed by atoms with E-state index >= 15 is 0 Å². The average molecular weight is 327 g/mol. The van der Waals surface area contributed by atoms with E-state index in [0.29, 0.717) is 20.7 Å². The van der Waals surface area contributed by atoms with Crippen LogP contribution in [-0.2, 0) is 12.8 Å². The van der Waals surface area contributed by atoms with Gasteiger partial charge in [0.05, 0.1) is 16.3 Å². The van der Waals surface area contributed by atoms with Gasteiger partial charge in [-0.05, 0) is 43.9 Å². The highest BCUT2D eigenvalue weighted by molar-refractivity contribution is 7.15. The maximum atomic E-state index is 12.2. The molecule has 1 N–H and O–H groups in total. The molecule has 6 heteroatoms. The minimum Gasteiger partial charge on any atom is -0.298 e. The SMILES string of the molecule is O=C(Nc1nc2c(s1)CCCC2)c1ccc(Cl)cc1Cl. The van der Waals surface area contributed by atoms with Crippen molar-refractivity contribution in [3.05, 3.63) is 44.4 Å². The van der Waals surface area contributed by atoms with Crippen LogP contribution in [-0.4, -0.2) is 10.9 Å². The summed E-state index contributed by atoms with van der Waals surface area (Å²) in [7, 11) is 0. The number of halogens is 2. The molecule has 1 aromatic heterocycles. The van der Waals surface area contributed by atoms with E-state index in [0.717, 1.165) is 18.5 Å². The quantitative estimate of drug-likeness (QED) is 0.877. The van der Waals surface area contributed by atoms with E-state index in [4.69, 9.17) is 23.2 Å². The van der Waals surface area contributed by atoms with Crippen LogP contribution in [0.25, 0.3) is 0 Å². The summed E-state index contributed by atoms with van der Waals surface area (Å²) in [6.45, 7) is 0. The molecule has 0 saturated heterocycles. The molecule has 20 heavy (non-hydrogen) atoms. The summed E-state index contributed by atoms with van der Waals surface area (Å²) in [4.78, 5) is 18.0. The summed E-state index contributed by atoms with van der Waals surface area (Å²) >= 11 is 13.4. The number of fused-ring (bicyclic) bond motifs is 1. The molecule has 3 rings (SSSR count). The molecule has 0 bridgehead atoms. The molecule has 1 aliphatic rings. The van der Waals surface area contributed by atoms with Crippen LogP contribution in [0.4, 0.5) is 5.13 Å². The highest BCUT2D eigenvalue weighted by atomic mass is 35.5. The first-order valence-corrected chi connectivity index (χ1v) is 7.96. The van der Waals surface area contributed by atoms with Crippen molar-refractivity contribution in [2.45, 2.75) is 25.7 Å². The van der Waals surface area contributed by atoms with Gasteiger partial charge in [-0.15, -0.1) is 11.3 Å². The first-order chi connectivity index (χ1) is 9.63. The van der Waals surface area contributed by atoms with Crippen LogP contribution >= 0.6 is 34.5 Å². The van der Waals surface area contributed by atoms with Crippen molar-refractivity contribution in [1.82, 2.24) is 4.98 Å². The summed E-state index contributed by atoms with van der Waals surface area (Å²) in [6.07, 6.45) is 4.44. The fourth-order valence-electron chi connectivity index (χ4n) is 2.24. The molecule has 1 aliphatic carbocycles. The number of nitrogens with zero attached hydrogens (tertiary/aromatic N) is 1. The third-order valence-corrected chi connectivity index (χ3v) is 4.86. The molecule has 1 amide bonds. The lowest BCUT2D eigenvalue weighted by Gasteiger charge is -2.06. The number of aromatic nitrogens is 1. The molecule has 0 aliphatic heterocycles. The van der Waals surface area contributed by atoms with Crippen LogP contribution in [0, 0.1) is 0 Å². The van der Waals surface area contributed by atoms with Gasteiger partial charge in [-0.1, -0.05) is 23.2 Å². The van der Waals surface area contributed by atoms with Gasteiger partial charge in [0.1, 0.15) is 0 Å². The number of benzene rings is 1. The Kier molecular flexibility index (Phi) is 3.96. The van der Waals surface area contributed by atoms with Gasteiger partial charge < -0.3 is 0 Å². The first kappa shape index (κ1) is 13.9. The van der Waals surface area contributed by atoms with Crippen molar-refractivity contribution < 1.29 is 4.79 Å². The molecule has 0 atom stereocenters. The smallest absolute Gasteiger partial charge is 0.258 e. The van der Waals surface area contributed by atoms with Crippen molar-refractivity contribution in [3.8, 4) is 0 Å². The summed E-state index contributed by atoms with van der Waals surface area (Å²) in [6, 6.07) is 4.83. The summed E-state index contributed by atoms with van der Waals surface area (Å²) in [5.74, 6) is -0.252. The second-order valence-corrected chi connectivity index (χ2v) is 6.60. The van der Waals surface area contributed by atoms with Crippen LogP contribution in [0.1, 0.15) is 33.8 Å². The highest BCUT2D eigenvalue weighted by Crippen LogP contribution is 2.30. The molecule has 104 valence electrons. The number of carbonyl (C=O) groups excluding carboxylic acids is 1. The van der Waals surface area contributed by atoms with E-state index in [-0.39, 0.29) is 5.91 Å². The maximum Gasteiger partial charge on any atom is 0.258 e. The predicted octanol–water partition coefficient (Wildman–Crippen LogP) is 4.58. The number of hydrogen-bond donors (Lipinski definition) is 1. The molecule has 0 spiro atoms. The molecule has 2 aromatic rings. The summed E-state index contributed by atoms with van der Waals surface area (Å²) in [5.41, 5.74) is 1.53. The van der Waals surface area contributed by atoms with Crippen molar-refractivity contribution in [1.29, 1.82) is 0 Å². The molecule has 1 heterocycles. The lowest BCUT2D eigenvalue weighted by Crippen LogP contribution is -2.12. The molecular formula is C14H12Cl2N2OS. The molecule has 0 fully saturated rings. The Morgan fingerprint density at radius 3 is 2.80 bits per heavy atom. The van der Waals surface area contributed by atoms with E-state index in [2.05, 4.69) is 10.3 Å². The van der Waals surface area contributed by atoms with Crippen molar-refractivity contribution >= 4 is 45.6 Å². The van der Waals surface area contributed by atoms with E-state index in [1.807, 2.05) is 0 Å². The number of nitrogens with one attached hydrogen (secondary N) is 1. The number of anilines is 1. The van der Waals surface area contributed by atoms with Crippen molar-refractivity contribution in [2.24, 2.45) is 0 Å². The van der Waals surface area contributed by atoms with Gasteiger partial charge in [0, 0.05) is 9.90 Å². The lowest BCUT2D eigenvalue weighted by molar-refractivity contribution is 0.102. The second kappa shape index (κ2) is 5.72. The molecule has 1 aromatic carbocycles. The second-order valence-electron chi connectivity index (χ2n) is 4.67. The average Bonchev–Trinajstić information content (AvgIpc) is 2.80. The lowest BCUT2D eigenvalue weighted by atomic mass is 10.0. The Hall–Kier alpha value is -1.10. The Bertz CT molecular complexity index is 646. The normalized spacial score (nSPS) is 13.9. The molecular weight excluding hydrogens is 315 g/mol. The number of hydrogen-bond acceptors (Lipinski definition) is 3. The number of thiazole rings is 1. The summed E-state index contributed by atoms with van der Waals surface area (Å²) in [5, 5.41) is 4.32. The molecule has 3 nitrogen and oxygen atoms in total. The zero-order chi connectivity index (χ0) is 14.1. The van der Waals surface area contributed by atoms with Gasteiger partial charge in [-0.25, -0.2) is 4.98 Å². The number of rotatable bonds is 2. The minimum atomic E-state index is -0.252. The zero-order valence-electron chi connectivity index (χ0n) is 10.6. The van der Waals surface area contributed by atoms with Crippen molar-refractivity contribution in [3.63, 3.8) is 0 Å². The Balaban J connectivity index is 1.80. The Labute approximate surface area is 130 Å². The zero-order valence-corrected chi connectivity index (χ0v) is 12.9. The predicted molar refractivity (Wildman–Crippen MR) is 83.2 cm³/mol. The van der Waals surface area contributed by atoms with E-state index < -0.39 is 0 Å². The molecule has 0 unspecified atom stereocenters. The number of amides is 1. The van der Waals surface area contributed by atoms with E-state index in [1.54, 1.807) is 29.5 Å². The standard InChI is InChI=1S/C14H12Cl2N2OS/c15-8-5-6-9(10(16)7-8)13(19)18-14-17-11-3-1-2-4-12(11)20-14/h5-7H,1-4H2,(H,17,18,19). The van der Waals surface area contributed by atoms with Gasteiger partial charge in [0.2, 0.25) is 0 Å². The van der Waals surface area contributed by atoms with E-state index in [1.165, 1.54) is 17.7 Å². The largest absolute Gasteiger partial charge is 0.298 e. The third-order valence-electron chi connectivity index (χ3n) is 3.24. The third kappa shape index (κ3) is 2.82. The van der Waals surface area contributed by atoms with Crippen LogP contribution in [0.5, 0.6) is 0 Å². The Morgan fingerprint density at radius 2 is 2.05 bits per heavy atom. The van der Waals surface area contributed by atoms with Gasteiger partial charge in [0.25, 0.3) is 5.91 Å². The van der Waals surface area contributed by atoms with E-state index in [9.17, 15) is 4.79 Å². The Morgan fingerprint density at radius 1 is 1.25 bits per heavy atom. The fourth-order valence-corrected chi connectivity index (χ4v) is 3.78.